The molecular formula is C16H18O2. The minimum Gasteiger partial charge on any atom is -0.497 e. The Bertz CT molecular complexity index is 479. The van der Waals surface area contributed by atoms with Crippen LogP contribution in [0.15, 0.2) is 54.6 Å². The van der Waals surface area contributed by atoms with Crippen molar-refractivity contribution in [3.63, 3.8) is 0 Å². The summed E-state index contributed by atoms with van der Waals surface area (Å²) in [6.45, 7) is 0.177. The zero-order valence-corrected chi connectivity index (χ0v) is 10.5. The largest absolute Gasteiger partial charge is 0.497 e. The number of hydrogen-bond donors (Lipinski definition) is 1. The SMILES string of the molecule is COc1cccc(C(CCO)c2ccccc2)c1. The van der Waals surface area contributed by atoms with Crippen LogP contribution in [0.3, 0.4) is 0 Å². The smallest absolute Gasteiger partial charge is 0.119 e. The Morgan fingerprint density at radius 3 is 2.39 bits per heavy atom. The van der Waals surface area contributed by atoms with Gasteiger partial charge in [-0.05, 0) is 29.7 Å². The van der Waals surface area contributed by atoms with Crippen molar-refractivity contribution in [1.82, 2.24) is 0 Å². The van der Waals surface area contributed by atoms with Gasteiger partial charge in [-0.25, -0.2) is 0 Å². The van der Waals surface area contributed by atoms with Gasteiger partial charge in [-0.1, -0.05) is 42.5 Å². The normalized spacial score (nSPS) is 12.1. The first-order chi connectivity index (χ1) is 8.85. The van der Waals surface area contributed by atoms with E-state index in [1.165, 1.54) is 11.1 Å². The van der Waals surface area contributed by atoms with Gasteiger partial charge in [-0.15, -0.1) is 0 Å². The second-order valence-electron chi connectivity index (χ2n) is 4.25. The van der Waals surface area contributed by atoms with Gasteiger partial charge in [0, 0.05) is 12.5 Å². The molecule has 0 saturated carbocycles. The second kappa shape index (κ2) is 6.22. The molecule has 94 valence electrons. The van der Waals surface area contributed by atoms with Crippen LogP contribution < -0.4 is 4.74 Å². The van der Waals surface area contributed by atoms with Gasteiger partial charge in [0.1, 0.15) is 5.75 Å². The quantitative estimate of drug-likeness (QED) is 0.872. The number of benzene rings is 2. The molecule has 0 aromatic heterocycles. The lowest BCUT2D eigenvalue weighted by molar-refractivity contribution is 0.281. The molecule has 0 amide bonds. The number of aliphatic hydroxyl groups is 1. The molecule has 1 N–H and O–H groups in total. The van der Waals surface area contributed by atoms with Crippen molar-refractivity contribution in [2.45, 2.75) is 12.3 Å². The molecule has 0 saturated heterocycles. The van der Waals surface area contributed by atoms with Gasteiger partial charge < -0.3 is 9.84 Å². The minimum absolute atomic E-state index is 0.177. The standard InChI is InChI=1S/C16H18O2/c1-18-15-9-5-8-14(12-15)16(10-11-17)13-6-3-2-4-7-13/h2-9,12,16-17H,10-11H2,1H3. The molecule has 1 atom stereocenters. The zero-order chi connectivity index (χ0) is 12.8. The second-order valence-corrected chi connectivity index (χ2v) is 4.25. The van der Waals surface area contributed by atoms with E-state index in [1.807, 2.05) is 36.4 Å². The predicted octanol–water partition coefficient (Wildman–Crippen LogP) is 3.21. The molecule has 0 fully saturated rings. The minimum atomic E-state index is 0.177. The van der Waals surface area contributed by atoms with Crippen molar-refractivity contribution < 1.29 is 9.84 Å². The molecule has 2 nitrogen and oxygen atoms in total. The van der Waals surface area contributed by atoms with E-state index in [9.17, 15) is 5.11 Å². The highest BCUT2D eigenvalue weighted by atomic mass is 16.5. The van der Waals surface area contributed by atoms with E-state index in [2.05, 4.69) is 18.2 Å². The summed E-state index contributed by atoms with van der Waals surface area (Å²) in [5.74, 6) is 1.07. The average molecular weight is 242 g/mol. The van der Waals surface area contributed by atoms with E-state index in [4.69, 9.17) is 4.74 Å². The first kappa shape index (κ1) is 12.7. The Morgan fingerprint density at radius 2 is 1.72 bits per heavy atom. The third kappa shape index (κ3) is 2.90. The van der Waals surface area contributed by atoms with E-state index in [0.717, 1.165) is 12.2 Å². The summed E-state index contributed by atoms with van der Waals surface area (Å²) in [5, 5.41) is 9.25. The summed E-state index contributed by atoms with van der Waals surface area (Å²) >= 11 is 0. The number of rotatable bonds is 5. The maximum atomic E-state index is 9.25. The van der Waals surface area contributed by atoms with Gasteiger partial charge in [0.15, 0.2) is 0 Å². The fraction of sp³-hybridized carbons (Fsp3) is 0.250. The van der Waals surface area contributed by atoms with E-state index < -0.39 is 0 Å². The van der Waals surface area contributed by atoms with Crippen molar-refractivity contribution in [1.29, 1.82) is 0 Å². The molecular weight excluding hydrogens is 224 g/mol. The first-order valence-corrected chi connectivity index (χ1v) is 6.15. The van der Waals surface area contributed by atoms with Gasteiger partial charge in [-0.3, -0.25) is 0 Å². The van der Waals surface area contributed by atoms with Crippen LogP contribution in [0.2, 0.25) is 0 Å². The third-order valence-corrected chi connectivity index (χ3v) is 3.12. The van der Waals surface area contributed by atoms with Crippen LogP contribution in [0.5, 0.6) is 5.75 Å². The van der Waals surface area contributed by atoms with Gasteiger partial charge in [0.2, 0.25) is 0 Å². The van der Waals surface area contributed by atoms with Crippen LogP contribution in [0, 0.1) is 0 Å². The fourth-order valence-corrected chi connectivity index (χ4v) is 2.20. The van der Waals surface area contributed by atoms with E-state index in [0.29, 0.717) is 0 Å². The summed E-state index contributed by atoms with van der Waals surface area (Å²) in [6.07, 6.45) is 0.719. The van der Waals surface area contributed by atoms with Gasteiger partial charge in [0.05, 0.1) is 7.11 Å². The first-order valence-electron chi connectivity index (χ1n) is 6.15. The highest BCUT2D eigenvalue weighted by Crippen LogP contribution is 2.29. The molecule has 0 spiro atoms. The van der Waals surface area contributed by atoms with E-state index in [1.54, 1.807) is 7.11 Å². The van der Waals surface area contributed by atoms with Crippen molar-refractivity contribution in [2.24, 2.45) is 0 Å². The molecule has 18 heavy (non-hydrogen) atoms. The van der Waals surface area contributed by atoms with E-state index in [-0.39, 0.29) is 12.5 Å². The lowest BCUT2D eigenvalue weighted by Crippen LogP contribution is -2.03. The lowest BCUT2D eigenvalue weighted by Gasteiger charge is -2.17. The molecule has 0 aliphatic carbocycles. The summed E-state index contributed by atoms with van der Waals surface area (Å²) in [4.78, 5) is 0. The molecule has 0 heterocycles. The van der Waals surface area contributed by atoms with Gasteiger partial charge >= 0.3 is 0 Å². The highest BCUT2D eigenvalue weighted by molar-refractivity contribution is 5.37. The van der Waals surface area contributed by atoms with Crippen LogP contribution in [-0.4, -0.2) is 18.8 Å². The van der Waals surface area contributed by atoms with Gasteiger partial charge in [-0.2, -0.15) is 0 Å². The third-order valence-electron chi connectivity index (χ3n) is 3.12. The van der Waals surface area contributed by atoms with Crippen molar-refractivity contribution in [2.75, 3.05) is 13.7 Å². The maximum absolute atomic E-state index is 9.25. The Kier molecular flexibility index (Phi) is 4.37. The molecule has 0 aliphatic rings. The lowest BCUT2D eigenvalue weighted by atomic mass is 9.89. The van der Waals surface area contributed by atoms with Gasteiger partial charge in [0.25, 0.3) is 0 Å². The monoisotopic (exact) mass is 242 g/mol. The number of methoxy groups -OCH3 is 1. The van der Waals surface area contributed by atoms with E-state index >= 15 is 0 Å². The van der Waals surface area contributed by atoms with Crippen LogP contribution >= 0.6 is 0 Å². The van der Waals surface area contributed by atoms with Crippen LogP contribution in [0.25, 0.3) is 0 Å². The predicted molar refractivity (Wildman–Crippen MR) is 73.0 cm³/mol. The zero-order valence-electron chi connectivity index (χ0n) is 10.5. The number of aliphatic hydroxyl groups excluding tert-OH is 1. The highest BCUT2D eigenvalue weighted by Gasteiger charge is 2.13. The summed E-state index contributed by atoms with van der Waals surface area (Å²) in [7, 11) is 1.67. The number of ether oxygens (including phenoxy) is 1. The fourth-order valence-electron chi connectivity index (χ4n) is 2.20. The Morgan fingerprint density at radius 1 is 1.00 bits per heavy atom. The van der Waals surface area contributed by atoms with Crippen molar-refractivity contribution in [3.05, 3.63) is 65.7 Å². The molecule has 0 bridgehead atoms. The molecule has 1 unspecified atom stereocenters. The Hall–Kier alpha value is -1.80. The maximum Gasteiger partial charge on any atom is 0.119 e. The molecule has 2 rings (SSSR count). The topological polar surface area (TPSA) is 29.5 Å². The van der Waals surface area contributed by atoms with Crippen LogP contribution in [-0.2, 0) is 0 Å². The summed E-state index contributed by atoms with van der Waals surface area (Å²) < 4.78 is 5.26. The summed E-state index contributed by atoms with van der Waals surface area (Å²) in [6, 6.07) is 18.3. The Labute approximate surface area is 108 Å². The molecule has 2 aromatic rings. The average Bonchev–Trinajstić information content (AvgIpc) is 2.46. The molecule has 0 aliphatic heterocycles. The molecule has 0 radical (unpaired) electrons. The van der Waals surface area contributed by atoms with Crippen molar-refractivity contribution in [3.8, 4) is 5.75 Å². The van der Waals surface area contributed by atoms with Crippen LogP contribution in [0.1, 0.15) is 23.5 Å². The van der Waals surface area contributed by atoms with Crippen LogP contribution in [0.4, 0.5) is 0 Å². The molecule has 2 heteroatoms. The number of hydrogen-bond acceptors (Lipinski definition) is 2. The molecule has 2 aromatic carbocycles. The summed E-state index contributed by atoms with van der Waals surface area (Å²) in [5.41, 5.74) is 2.40. The van der Waals surface area contributed by atoms with Crippen molar-refractivity contribution >= 4 is 0 Å². The Balaban J connectivity index is 2.35.